The molecule has 0 fully saturated rings. The molecule has 0 saturated heterocycles. The van der Waals surface area contributed by atoms with Crippen LogP contribution in [0.2, 0.25) is 0 Å². The van der Waals surface area contributed by atoms with Crippen LogP contribution in [0.15, 0.2) is 30.5 Å². The Morgan fingerprint density at radius 1 is 1.24 bits per heavy atom. The van der Waals surface area contributed by atoms with Gasteiger partial charge in [-0.05, 0) is 24.3 Å². The number of phenols is 1. The number of nitrogens with zero attached hydrogens (tertiary/aromatic N) is 1. The van der Waals surface area contributed by atoms with Crippen LogP contribution in [0.25, 0.3) is 10.9 Å². The topological polar surface area (TPSA) is 50.2 Å². The minimum Gasteiger partial charge on any atom is -0.507 e. The fourth-order valence-electron chi connectivity index (χ4n) is 1.74. The normalized spacial score (nSPS) is 11.7. The molecule has 0 aliphatic carbocycles. The van der Waals surface area contributed by atoms with E-state index >= 15 is 0 Å². The summed E-state index contributed by atoms with van der Waals surface area (Å²) in [6.07, 6.45) is 1.63. The van der Waals surface area contributed by atoms with E-state index in [4.69, 9.17) is 0 Å². The number of aromatic hydroxyl groups is 1. The largest absolute Gasteiger partial charge is 0.507 e. The molecule has 1 N–H and O–H groups in total. The second-order valence-electron chi connectivity index (χ2n) is 5.11. The van der Waals surface area contributed by atoms with Crippen LogP contribution in [0.3, 0.4) is 0 Å². The van der Waals surface area contributed by atoms with E-state index in [1.54, 1.807) is 30.5 Å². The van der Waals surface area contributed by atoms with E-state index in [1.807, 2.05) is 20.8 Å². The zero-order valence-corrected chi connectivity index (χ0v) is 10.2. The number of fused-ring (bicyclic) bond motifs is 1. The van der Waals surface area contributed by atoms with Crippen molar-refractivity contribution < 1.29 is 9.90 Å². The lowest BCUT2D eigenvalue weighted by Crippen LogP contribution is -2.20. The molecule has 0 aliphatic heterocycles. The maximum atomic E-state index is 12.3. The lowest BCUT2D eigenvalue weighted by molar-refractivity contribution is 0.0860. The second kappa shape index (κ2) is 3.84. The first-order valence-electron chi connectivity index (χ1n) is 5.53. The van der Waals surface area contributed by atoms with Crippen molar-refractivity contribution in [2.75, 3.05) is 0 Å². The molecule has 0 aliphatic rings. The van der Waals surface area contributed by atoms with E-state index in [9.17, 15) is 9.90 Å². The van der Waals surface area contributed by atoms with E-state index in [0.717, 1.165) is 0 Å². The van der Waals surface area contributed by atoms with Crippen molar-refractivity contribution in [2.45, 2.75) is 20.8 Å². The number of pyridine rings is 1. The molecule has 0 atom stereocenters. The number of aromatic nitrogens is 1. The standard InChI is InChI=1S/C14H15NO2/c1-14(2,3)13(17)10-6-7-11(16)9-5-4-8-15-12(9)10/h4-8,16H,1-3H3. The quantitative estimate of drug-likeness (QED) is 0.764. The molecule has 0 saturated carbocycles. The zero-order chi connectivity index (χ0) is 12.6. The van der Waals surface area contributed by atoms with Crippen molar-refractivity contribution in [1.29, 1.82) is 0 Å². The summed E-state index contributed by atoms with van der Waals surface area (Å²) in [5.74, 6) is 0.180. The number of carbonyl (C=O) groups excluding carboxylic acids is 1. The number of hydrogen-bond donors (Lipinski definition) is 1. The first-order chi connectivity index (χ1) is 7.91. The molecular weight excluding hydrogens is 214 g/mol. The number of Topliss-reactive ketones (excluding diaryl/α,β-unsaturated/α-hetero) is 1. The second-order valence-corrected chi connectivity index (χ2v) is 5.11. The minimum atomic E-state index is -0.457. The number of ketones is 1. The van der Waals surface area contributed by atoms with E-state index in [-0.39, 0.29) is 11.5 Å². The fraction of sp³-hybridized carbons (Fsp3) is 0.286. The van der Waals surface area contributed by atoms with Gasteiger partial charge in [0.05, 0.1) is 5.52 Å². The highest BCUT2D eigenvalue weighted by Crippen LogP contribution is 2.30. The summed E-state index contributed by atoms with van der Waals surface area (Å²) in [5.41, 5.74) is 0.667. The monoisotopic (exact) mass is 229 g/mol. The Balaban J connectivity index is 2.72. The third kappa shape index (κ3) is 2.00. The van der Waals surface area contributed by atoms with Crippen LogP contribution in [-0.4, -0.2) is 15.9 Å². The number of rotatable bonds is 1. The van der Waals surface area contributed by atoms with Crippen molar-refractivity contribution in [2.24, 2.45) is 5.41 Å². The predicted molar refractivity (Wildman–Crippen MR) is 67.2 cm³/mol. The average molecular weight is 229 g/mol. The molecule has 1 heterocycles. The van der Waals surface area contributed by atoms with Gasteiger partial charge in [-0.15, -0.1) is 0 Å². The van der Waals surface area contributed by atoms with Crippen LogP contribution < -0.4 is 0 Å². The van der Waals surface area contributed by atoms with E-state index in [0.29, 0.717) is 16.5 Å². The fourth-order valence-corrected chi connectivity index (χ4v) is 1.74. The molecule has 2 rings (SSSR count). The summed E-state index contributed by atoms with van der Waals surface area (Å²) in [6, 6.07) is 6.69. The van der Waals surface area contributed by atoms with Crippen molar-refractivity contribution in [3.8, 4) is 5.75 Å². The van der Waals surface area contributed by atoms with Gasteiger partial charge in [0.2, 0.25) is 0 Å². The molecule has 0 amide bonds. The molecule has 1 aromatic carbocycles. The summed E-state index contributed by atoms with van der Waals surface area (Å²) >= 11 is 0. The van der Waals surface area contributed by atoms with E-state index in [2.05, 4.69) is 4.98 Å². The van der Waals surface area contributed by atoms with Gasteiger partial charge in [0, 0.05) is 22.6 Å². The van der Waals surface area contributed by atoms with E-state index < -0.39 is 5.41 Å². The van der Waals surface area contributed by atoms with Crippen LogP contribution in [-0.2, 0) is 0 Å². The molecule has 0 bridgehead atoms. The Kier molecular flexibility index (Phi) is 2.62. The van der Waals surface area contributed by atoms with Crippen LogP contribution >= 0.6 is 0 Å². The van der Waals surface area contributed by atoms with Gasteiger partial charge in [0.15, 0.2) is 5.78 Å². The molecule has 0 radical (unpaired) electrons. The molecule has 3 nitrogen and oxygen atoms in total. The molecule has 0 spiro atoms. The number of phenolic OH excluding ortho intramolecular Hbond substituents is 1. The average Bonchev–Trinajstić information content (AvgIpc) is 2.28. The van der Waals surface area contributed by atoms with E-state index in [1.165, 1.54) is 0 Å². The molecule has 2 aromatic rings. The molecule has 88 valence electrons. The van der Waals surface area contributed by atoms with Crippen molar-refractivity contribution in [3.05, 3.63) is 36.0 Å². The van der Waals surface area contributed by atoms with Gasteiger partial charge in [-0.2, -0.15) is 0 Å². The summed E-state index contributed by atoms with van der Waals surface area (Å²) in [6.45, 7) is 5.62. The Labute approximate surface area is 100 Å². The van der Waals surface area contributed by atoms with Gasteiger partial charge in [0.25, 0.3) is 0 Å². The zero-order valence-electron chi connectivity index (χ0n) is 10.2. The molecule has 17 heavy (non-hydrogen) atoms. The maximum absolute atomic E-state index is 12.3. The van der Waals surface area contributed by atoms with Gasteiger partial charge in [0.1, 0.15) is 5.75 Å². The Morgan fingerprint density at radius 2 is 1.94 bits per heavy atom. The summed E-state index contributed by atoms with van der Waals surface area (Å²) < 4.78 is 0. The number of carbonyl (C=O) groups is 1. The van der Waals surface area contributed by atoms with Gasteiger partial charge < -0.3 is 5.11 Å². The highest BCUT2D eigenvalue weighted by molar-refractivity contribution is 6.10. The predicted octanol–water partition coefficient (Wildman–Crippen LogP) is 3.17. The molecular formula is C14H15NO2. The minimum absolute atomic E-state index is 0.0289. The summed E-state index contributed by atoms with van der Waals surface area (Å²) in [4.78, 5) is 16.5. The Morgan fingerprint density at radius 3 is 2.59 bits per heavy atom. The summed E-state index contributed by atoms with van der Waals surface area (Å²) in [5, 5.41) is 10.3. The van der Waals surface area contributed by atoms with Gasteiger partial charge in [-0.1, -0.05) is 20.8 Å². The van der Waals surface area contributed by atoms with Crippen molar-refractivity contribution in [1.82, 2.24) is 4.98 Å². The van der Waals surface area contributed by atoms with Gasteiger partial charge in [-0.25, -0.2) is 0 Å². The van der Waals surface area contributed by atoms with Gasteiger partial charge >= 0.3 is 0 Å². The van der Waals surface area contributed by atoms with Crippen molar-refractivity contribution >= 4 is 16.7 Å². The highest BCUT2D eigenvalue weighted by atomic mass is 16.3. The third-order valence-corrected chi connectivity index (χ3v) is 2.67. The first-order valence-corrected chi connectivity index (χ1v) is 5.53. The Hall–Kier alpha value is -1.90. The van der Waals surface area contributed by atoms with Gasteiger partial charge in [-0.3, -0.25) is 9.78 Å². The maximum Gasteiger partial charge on any atom is 0.170 e. The lowest BCUT2D eigenvalue weighted by atomic mass is 9.85. The number of benzene rings is 1. The summed E-state index contributed by atoms with van der Waals surface area (Å²) in [7, 11) is 0. The molecule has 1 aromatic heterocycles. The number of hydrogen-bond acceptors (Lipinski definition) is 3. The first kappa shape index (κ1) is 11.6. The Bertz CT molecular complexity index is 582. The van der Waals surface area contributed by atoms with Crippen LogP contribution in [0.1, 0.15) is 31.1 Å². The van der Waals surface area contributed by atoms with Crippen LogP contribution in [0.5, 0.6) is 5.75 Å². The van der Waals surface area contributed by atoms with Crippen LogP contribution in [0.4, 0.5) is 0 Å². The van der Waals surface area contributed by atoms with Crippen molar-refractivity contribution in [3.63, 3.8) is 0 Å². The third-order valence-electron chi connectivity index (χ3n) is 2.67. The lowest BCUT2D eigenvalue weighted by Gasteiger charge is -2.17. The molecule has 0 unspecified atom stereocenters. The molecule has 3 heteroatoms. The van der Waals surface area contributed by atoms with Crippen LogP contribution in [0, 0.1) is 5.41 Å². The highest BCUT2D eigenvalue weighted by Gasteiger charge is 2.25. The smallest absolute Gasteiger partial charge is 0.170 e. The SMILES string of the molecule is CC(C)(C)C(=O)c1ccc(O)c2cccnc12.